The molecule has 3 aromatic carbocycles. The van der Waals surface area contributed by atoms with Crippen molar-refractivity contribution in [2.24, 2.45) is 5.92 Å². The maximum atomic E-state index is 4.99. The van der Waals surface area contributed by atoms with Crippen LogP contribution < -0.4 is 15.0 Å². The van der Waals surface area contributed by atoms with Gasteiger partial charge in [-0.05, 0) is 102 Å². The van der Waals surface area contributed by atoms with Gasteiger partial charge in [0.2, 0.25) is 0 Å². The Morgan fingerprint density at radius 2 is 1.50 bits per heavy atom. The molecule has 0 saturated carbocycles. The van der Waals surface area contributed by atoms with E-state index >= 15 is 0 Å². The molecule has 5 aromatic rings. The van der Waals surface area contributed by atoms with Crippen molar-refractivity contribution in [2.75, 3.05) is 9.80 Å². The van der Waals surface area contributed by atoms with E-state index in [4.69, 9.17) is 9.97 Å². The van der Waals surface area contributed by atoms with Gasteiger partial charge in [0.25, 0.3) is 0 Å². The van der Waals surface area contributed by atoms with Gasteiger partial charge in [-0.3, -0.25) is 0 Å². The number of aryl methyl sites for hydroxylation is 2. The van der Waals surface area contributed by atoms with Gasteiger partial charge in [0, 0.05) is 34.4 Å². The predicted octanol–water partition coefficient (Wildman–Crippen LogP) is 9.74. The van der Waals surface area contributed by atoms with Crippen LogP contribution in [-0.2, 0) is 0 Å². The van der Waals surface area contributed by atoms with E-state index in [9.17, 15) is 0 Å². The summed E-state index contributed by atoms with van der Waals surface area (Å²) < 4.78 is 0. The molecule has 0 saturated heterocycles. The van der Waals surface area contributed by atoms with Crippen molar-refractivity contribution in [3.8, 4) is 0 Å². The van der Waals surface area contributed by atoms with Crippen LogP contribution in [0.2, 0.25) is 0 Å². The van der Waals surface area contributed by atoms with E-state index in [0.717, 1.165) is 30.9 Å². The summed E-state index contributed by atoms with van der Waals surface area (Å²) in [7, 11) is 0. The number of hydrogen-bond acceptors (Lipinski definition) is 4. The summed E-state index contributed by atoms with van der Waals surface area (Å²) >= 11 is 0. The molecule has 0 aliphatic heterocycles. The maximum absolute atomic E-state index is 4.99. The Hall–Kier alpha value is -4.96. The summed E-state index contributed by atoms with van der Waals surface area (Å²) in [6.07, 6.45) is 22.5. The zero-order valence-electron chi connectivity index (χ0n) is 27.1. The first kappa shape index (κ1) is 28.5. The van der Waals surface area contributed by atoms with Crippen LogP contribution in [0.15, 0.2) is 121 Å². The predicted molar refractivity (Wildman–Crippen MR) is 193 cm³/mol. The fourth-order valence-corrected chi connectivity index (χ4v) is 7.61. The van der Waals surface area contributed by atoms with Gasteiger partial charge in [-0.15, -0.1) is 0 Å². The fourth-order valence-electron chi connectivity index (χ4n) is 7.61. The molecular formula is C42H40N4. The van der Waals surface area contributed by atoms with Gasteiger partial charge >= 0.3 is 0 Å². The summed E-state index contributed by atoms with van der Waals surface area (Å²) in [4.78, 5) is 14.8. The van der Waals surface area contributed by atoms with Crippen molar-refractivity contribution in [1.82, 2.24) is 9.97 Å². The average molecular weight is 601 g/mol. The molecule has 3 atom stereocenters. The zero-order chi connectivity index (χ0) is 31.4. The number of allylic oxidation sites excluding steroid dienone is 6. The highest BCUT2D eigenvalue weighted by Crippen LogP contribution is 2.44. The average Bonchev–Trinajstić information content (AvgIpc) is 3.08. The normalized spacial score (nSPS) is 20.4. The Labute approximate surface area is 271 Å². The molecule has 3 aliphatic rings. The fraction of sp³-hybridized carbons (Fsp3) is 0.238. The van der Waals surface area contributed by atoms with E-state index in [1.54, 1.807) is 0 Å². The second kappa shape index (κ2) is 11.4. The first-order valence-corrected chi connectivity index (χ1v) is 16.6. The number of benzene rings is 3. The van der Waals surface area contributed by atoms with Gasteiger partial charge in [0.1, 0.15) is 11.6 Å². The van der Waals surface area contributed by atoms with Crippen molar-refractivity contribution < 1.29 is 0 Å². The van der Waals surface area contributed by atoms with Crippen molar-refractivity contribution >= 4 is 44.6 Å². The smallest absolute Gasteiger partial charge is 0.137 e. The summed E-state index contributed by atoms with van der Waals surface area (Å²) in [5.41, 5.74) is 7.60. The summed E-state index contributed by atoms with van der Waals surface area (Å²) in [5, 5.41) is 6.57. The highest BCUT2D eigenvalue weighted by molar-refractivity contribution is 6.17. The van der Waals surface area contributed by atoms with Gasteiger partial charge < -0.3 is 9.80 Å². The van der Waals surface area contributed by atoms with E-state index in [2.05, 4.69) is 141 Å². The van der Waals surface area contributed by atoms with Gasteiger partial charge in [-0.2, -0.15) is 0 Å². The van der Waals surface area contributed by atoms with Crippen LogP contribution in [0.4, 0.5) is 17.3 Å². The Bertz CT molecular complexity index is 2130. The van der Waals surface area contributed by atoms with E-state index in [-0.39, 0.29) is 6.04 Å². The van der Waals surface area contributed by atoms with Gasteiger partial charge in [-0.1, -0.05) is 92.8 Å². The Balaban J connectivity index is 1.40. The molecule has 0 radical (unpaired) electrons. The summed E-state index contributed by atoms with van der Waals surface area (Å²) in [5.74, 6) is 2.82. The van der Waals surface area contributed by atoms with Crippen molar-refractivity contribution in [3.63, 3.8) is 0 Å². The molecule has 0 amide bonds. The lowest BCUT2D eigenvalue weighted by Gasteiger charge is -2.36. The minimum absolute atomic E-state index is 0.185. The minimum atomic E-state index is 0.185. The number of aromatic nitrogens is 2. The maximum Gasteiger partial charge on any atom is 0.137 e. The number of rotatable bonds is 6. The highest BCUT2D eigenvalue weighted by Gasteiger charge is 2.29. The number of anilines is 3. The molecule has 4 nitrogen and oxygen atoms in total. The molecule has 228 valence electrons. The van der Waals surface area contributed by atoms with Crippen LogP contribution in [-0.4, -0.2) is 16.0 Å². The van der Waals surface area contributed by atoms with Gasteiger partial charge in [0.05, 0.1) is 11.7 Å². The van der Waals surface area contributed by atoms with E-state index < -0.39 is 0 Å². The molecule has 0 fully saturated rings. The van der Waals surface area contributed by atoms with Crippen LogP contribution >= 0.6 is 0 Å². The van der Waals surface area contributed by atoms with Gasteiger partial charge in [-0.25, -0.2) is 9.97 Å². The second-order valence-electron chi connectivity index (χ2n) is 13.4. The standard InChI is InChI=1S/C42H40N4/c1-27-9-8-12-33(23-27)46(40-22-14-29(3)26-44-40)38-24-30(4)34-18-19-35-37(20-16-31-15-17-36(38)42(34)41(31)35)45(32-10-6-5-7-11-32)39-21-13-28(2)25-43-39/h5-10,12-22,25-27,30,32H,11,23-24H2,1-4H3. The third kappa shape index (κ3) is 4.84. The van der Waals surface area contributed by atoms with Crippen LogP contribution in [0.25, 0.3) is 27.2 Å². The monoisotopic (exact) mass is 600 g/mol. The molecule has 3 unspecified atom stereocenters. The van der Waals surface area contributed by atoms with E-state index in [0.29, 0.717) is 11.8 Å². The third-order valence-corrected chi connectivity index (χ3v) is 9.90. The van der Waals surface area contributed by atoms with E-state index in [1.807, 2.05) is 12.4 Å². The third-order valence-electron chi connectivity index (χ3n) is 9.90. The Morgan fingerprint density at radius 3 is 2.22 bits per heavy atom. The molecule has 4 heteroatoms. The highest BCUT2D eigenvalue weighted by atomic mass is 15.2. The summed E-state index contributed by atoms with van der Waals surface area (Å²) in [6, 6.07) is 22.9. The first-order valence-electron chi connectivity index (χ1n) is 16.6. The van der Waals surface area contributed by atoms with Crippen LogP contribution in [0.3, 0.4) is 0 Å². The number of pyridine rings is 2. The Morgan fingerprint density at radius 1 is 0.717 bits per heavy atom. The lowest BCUT2D eigenvalue weighted by molar-refractivity contribution is 0.686. The molecule has 0 spiro atoms. The first-order chi connectivity index (χ1) is 22.5. The summed E-state index contributed by atoms with van der Waals surface area (Å²) in [6.45, 7) is 8.89. The molecule has 0 N–H and O–H groups in total. The van der Waals surface area contributed by atoms with Crippen molar-refractivity contribution in [3.05, 3.63) is 143 Å². The molecular weight excluding hydrogens is 560 g/mol. The molecule has 3 aliphatic carbocycles. The van der Waals surface area contributed by atoms with Gasteiger partial charge in [0.15, 0.2) is 0 Å². The van der Waals surface area contributed by atoms with Crippen molar-refractivity contribution in [2.45, 2.75) is 58.9 Å². The lowest BCUT2D eigenvalue weighted by Crippen LogP contribution is -2.32. The number of nitrogens with zero attached hydrogens (tertiary/aromatic N) is 4. The molecule has 46 heavy (non-hydrogen) atoms. The largest absolute Gasteiger partial charge is 0.319 e. The van der Waals surface area contributed by atoms with Crippen LogP contribution in [0, 0.1) is 19.8 Å². The van der Waals surface area contributed by atoms with Crippen LogP contribution in [0.5, 0.6) is 0 Å². The minimum Gasteiger partial charge on any atom is -0.319 e. The molecule has 2 heterocycles. The SMILES string of the molecule is Cc1ccc(N(C2=CC=CC(C)C2)C2=c3ccc4ccc(N(c5ccc(C)cn5)C5C=CC=CC5)c5ccc(c3c45)C(C)C2)nc1. The van der Waals surface area contributed by atoms with E-state index in [1.165, 1.54) is 60.5 Å². The molecule has 2 aromatic heterocycles. The van der Waals surface area contributed by atoms with Crippen molar-refractivity contribution in [1.29, 1.82) is 0 Å². The topological polar surface area (TPSA) is 32.3 Å². The Kier molecular flexibility index (Phi) is 7.09. The zero-order valence-corrected chi connectivity index (χ0v) is 27.1. The molecule has 0 bridgehead atoms. The second-order valence-corrected chi connectivity index (χ2v) is 13.4. The quantitative estimate of drug-likeness (QED) is 0.194. The lowest BCUT2D eigenvalue weighted by atomic mass is 9.82. The van der Waals surface area contributed by atoms with Crippen LogP contribution in [0.1, 0.15) is 55.7 Å². The number of hydrogen-bond donors (Lipinski definition) is 0. The molecule has 8 rings (SSSR count).